The normalized spacial score (nSPS) is 16.5. The topological polar surface area (TPSA) is 21.3 Å². The lowest BCUT2D eigenvalue weighted by molar-refractivity contribution is 0.246. The highest BCUT2D eigenvalue weighted by atomic mass is 35.5. The highest BCUT2D eigenvalue weighted by Gasteiger charge is 2.23. The summed E-state index contributed by atoms with van der Waals surface area (Å²) in [5.41, 5.74) is 1.29. The predicted octanol–water partition coefficient (Wildman–Crippen LogP) is 4.69. The Morgan fingerprint density at radius 1 is 1.10 bits per heavy atom. The minimum atomic E-state index is -0.490. The minimum absolute atomic E-state index is 0.154. The van der Waals surface area contributed by atoms with Crippen LogP contribution in [-0.2, 0) is 6.42 Å². The Morgan fingerprint density at radius 3 is 2.52 bits per heavy atom. The molecule has 1 aliphatic rings. The van der Waals surface area contributed by atoms with Gasteiger partial charge in [0.1, 0.15) is 23.5 Å². The molecule has 6 heteroatoms. The number of hydrogen-bond donors (Lipinski definition) is 1. The number of fused-ring (bicyclic) bond motifs is 1. The van der Waals surface area contributed by atoms with Gasteiger partial charge in [0.25, 0.3) is 0 Å². The van der Waals surface area contributed by atoms with Gasteiger partial charge < -0.3 is 10.1 Å². The van der Waals surface area contributed by atoms with Gasteiger partial charge in [0, 0.05) is 12.0 Å². The molecule has 110 valence electrons. The molecule has 1 aliphatic heterocycles. The molecule has 0 amide bonds. The second-order valence-electron chi connectivity index (χ2n) is 4.82. The van der Waals surface area contributed by atoms with Gasteiger partial charge in [0.05, 0.1) is 22.3 Å². The molecule has 0 bridgehead atoms. The van der Waals surface area contributed by atoms with Crippen molar-refractivity contribution in [2.45, 2.75) is 12.5 Å². The zero-order chi connectivity index (χ0) is 15.0. The van der Waals surface area contributed by atoms with Crippen LogP contribution in [-0.4, -0.2) is 12.6 Å². The highest BCUT2D eigenvalue weighted by molar-refractivity contribution is 6.39. The first kappa shape index (κ1) is 14.4. The standard InChI is InChI=1S/C15H11Cl2F2NO/c16-12-5-10(19)6-13(17)15(12)20-7-11-4-8-3-9(18)1-2-14(8)21-11/h1-3,5-6,11,20H,4,7H2. The SMILES string of the molecule is Fc1cc(Cl)c(NCC2Cc3cc(F)ccc3O2)c(Cl)c1. The molecule has 2 nitrogen and oxygen atoms in total. The lowest BCUT2D eigenvalue weighted by Gasteiger charge is -2.15. The molecule has 0 saturated heterocycles. The van der Waals surface area contributed by atoms with Crippen molar-refractivity contribution >= 4 is 28.9 Å². The maximum Gasteiger partial charge on any atom is 0.126 e. The summed E-state index contributed by atoms with van der Waals surface area (Å²) in [5, 5.41) is 3.47. The zero-order valence-corrected chi connectivity index (χ0v) is 12.3. The Labute approximate surface area is 130 Å². The number of benzene rings is 2. The fourth-order valence-electron chi connectivity index (χ4n) is 2.33. The Morgan fingerprint density at radius 2 is 1.81 bits per heavy atom. The second-order valence-corrected chi connectivity index (χ2v) is 5.64. The van der Waals surface area contributed by atoms with E-state index >= 15 is 0 Å². The number of ether oxygens (including phenoxy) is 1. The smallest absolute Gasteiger partial charge is 0.126 e. The van der Waals surface area contributed by atoms with E-state index in [1.54, 1.807) is 6.07 Å². The lowest BCUT2D eigenvalue weighted by atomic mass is 10.1. The number of anilines is 1. The van der Waals surface area contributed by atoms with Crippen molar-refractivity contribution in [1.82, 2.24) is 0 Å². The van der Waals surface area contributed by atoms with E-state index in [-0.39, 0.29) is 22.0 Å². The van der Waals surface area contributed by atoms with Gasteiger partial charge in [-0.25, -0.2) is 8.78 Å². The highest BCUT2D eigenvalue weighted by Crippen LogP contribution is 2.33. The van der Waals surface area contributed by atoms with Gasteiger partial charge in [-0.05, 0) is 30.3 Å². The molecule has 2 aromatic rings. The van der Waals surface area contributed by atoms with E-state index in [1.807, 2.05) is 0 Å². The average Bonchev–Trinajstić information content (AvgIpc) is 2.79. The largest absolute Gasteiger partial charge is 0.488 e. The molecule has 0 saturated carbocycles. The molecule has 0 aromatic heterocycles. The van der Waals surface area contributed by atoms with Gasteiger partial charge in [-0.15, -0.1) is 0 Å². The molecule has 1 N–H and O–H groups in total. The molecule has 21 heavy (non-hydrogen) atoms. The van der Waals surface area contributed by atoms with Crippen LogP contribution in [0, 0.1) is 11.6 Å². The van der Waals surface area contributed by atoms with Crippen molar-refractivity contribution in [3.8, 4) is 5.75 Å². The maximum absolute atomic E-state index is 13.1. The first-order chi connectivity index (χ1) is 10.0. The van der Waals surface area contributed by atoms with Gasteiger partial charge in [-0.3, -0.25) is 0 Å². The van der Waals surface area contributed by atoms with E-state index in [0.717, 1.165) is 5.56 Å². The first-order valence-electron chi connectivity index (χ1n) is 6.36. The summed E-state index contributed by atoms with van der Waals surface area (Å²) in [6, 6.07) is 6.82. The number of halogens is 4. The molecule has 0 spiro atoms. The Bertz CT molecular complexity index is 670. The van der Waals surface area contributed by atoms with E-state index < -0.39 is 5.82 Å². The number of rotatable bonds is 3. The summed E-state index contributed by atoms with van der Waals surface area (Å²) < 4.78 is 31.9. The third-order valence-corrected chi connectivity index (χ3v) is 3.87. The summed E-state index contributed by atoms with van der Waals surface area (Å²) in [7, 11) is 0. The van der Waals surface area contributed by atoms with E-state index in [1.165, 1.54) is 24.3 Å². The monoisotopic (exact) mass is 329 g/mol. The van der Waals surface area contributed by atoms with Crippen LogP contribution in [0.25, 0.3) is 0 Å². The molecular weight excluding hydrogens is 319 g/mol. The summed E-state index contributed by atoms with van der Waals surface area (Å²) in [4.78, 5) is 0. The van der Waals surface area contributed by atoms with Gasteiger partial charge in [-0.2, -0.15) is 0 Å². The molecule has 1 unspecified atom stereocenters. The second kappa shape index (κ2) is 5.70. The predicted molar refractivity (Wildman–Crippen MR) is 79.4 cm³/mol. The molecule has 1 atom stereocenters. The van der Waals surface area contributed by atoms with Crippen LogP contribution in [0.5, 0.6) is 5.75 Å². The van der Waals surface area contributed by atoms with Crippen LogP contribution in [0.3, 0.4) is 0 Å². The Hall–Kier alpha value is -1.52. The fourth-order valence-corrected chi connectivity index (χ4v) is 2.92. The van der Waals surface area contributed by atoms with Crippen LogP contribution in [0.4, 0.5) is 14.5 Å². The third kappa shape index (κ3) is 3.06. The quantitative estimate of drug-likeness (QED) is 0.882. The van der Waals surface area contributed by atoms with Gasteiger partial charge in [0.2, 0.25) is 0 Å². The van der Waals surface area contributed by atoms with Crippen molar-refractivity contribution in [3.63, 3.8) is 0 Å². The Kier molecular flexibility index (Phi) is 3.91. The summed E-state index contributed by atoms with van der Waals surface area (Å²) in [6.45, 7) is 0.432. The number of nitrogens with one attached hydrogen (secondary N) is 1. The van der Waals surface area contributed by atoms with Crippen LogP contribution < -0.4 is 10.1 Å². The van der Waals surface area contributed by atoms with Crippen molar-refractivity contribution < 1.29 is 13.5 Å². The molecular formula is C15H11Cl2F2NO. The zero-order valence-electron chi connectivity index (χ0n) is 10.8. The van der Waals surface area contributed by atoms with Crippen molar-refractivity contribution in [1.29, 1.82) is 0 Å². The third-order valence-electron chi connectivity index (χ3n) is 3.28. The van der Waals surface area contributed by atoms with Gasteiger partial charge in [0.15, 0.2) is 0 Å². The van der Waals surface area contributed by atoms with Crippen LogP contribution >= 0.6 is 23.2 Å². The molecule has 0 aliphatic carbocycles. The Balaban J connectivity index is 1.68. The van der Waals surface area contributed by atoms with Crippen LogP contribution in [0.1, 0.15) is 5.56 Å². The molecule has 2 aromatic carbocycles. The summed E-state index contributed by atoms with van der Waals surface area (Å²) in [6.07, 6.45) is 0.440. The molecule has 1 heterocycles. The minimum Gasteiger partial charge on any atom is -0.488 e. The van der Waals surface area contributed by atoms with E-state index in [2.05, 4.69) is 5.32 Å². The fraction of sp³-hybridized carbons (Fsp3) is 0.200. The van der Waals surface area contributed by atoms with Gasteiger partial charge in [-0.1, -0.05) is 23.2 Å². The van der Waals surface area contributed by atoms with Crippen molar-refractivity contribution in [2.75, 3.05) is 11.9 Å². The van der Waals surface area contributed by atoms with Crippen LogP contribution in [0.15, 0.2) is 30.3 Å². The summed E-state index contributed by atoms with van der Waals surface area (Å²) in [5.74, 6) is -0.0920. The van der Waals surface area contributed by atoms with E-state index in [4.69, 9.17) is 27.9 Å². The molecule has 3 rings (SSSR count). The lowest BCUT2D eigenvalue weighted by Crippen LogP contribution is -2.24. The van der Waals surface area contributed by atoms with Gasteiger partial charge >= 0.3 is 0 Å². The van der Waals surface area contributed by atoms with Crippen molar-refractivity contribution in [2.24, 2.45) is 0 Å². The van der Waals surface area contributed by atoms with Crippen molar-refractivity contribution in [3.05, 3.63) is 57.6 Å². The first-order valence-corrected chi connectivity index (χ1v) is 7.12. The maximum atomic E-state index is 13.1. The average molecular weight is 330 g/mol. The molecule has 0 radical (unpaired) electrons. The molecule has 0 fully saturated rings. The van der Waals surface area contributed by atoms with E-state index in [0.29, 0.717) is 24.4 Å². The van der Waals surface area contributed by atoms with E-state index in [9.17, 15) is 8.78 Å². The summed E-state index contributed by atoms with van der Waals surface area (Å²) >= 11 is 11.9. The van der Waals surface area contributed by atoms with Crippen LogP contribution in [0.2, 0.25) is 10.0 Å². The number of hydrogen-bond acceptors (Lipinski definition) is 2.